The number of hydrogen-bond acceptors (Lipinski definition) is 4. The smallest absolute Gasteiger partial charge is 0.335 e. The molecule has 2 aromatic carbocycles. The molecule has 130 valence electrons. The zero-order chi connectivity index (χ0) is 18.2. The Labute approximate surface area is 145 Å². The van der Waals surface area contributed by atoms with Gasteiger partial charge in [-0.3, -0.25) is 4.79 Å². The van der Waals surface area contributed by atoms with E-state index in [0.29, 0.717) is 22.6 Å². The Bertz CT molecular complexity index is 798. The lowest BCUT2D eigenvalue weighted by molar-refractivity contribution is -0.116. The van der Waals surface area contributed by atoms with Crippen molar-refractivity contribution in [2.45, 2.75) is 6.54 Å². The van der Waals surface area contributed by atoms with Crippen LogP contribution in [0.15, 0.2) is 48.5 Å². The molecule has 0 fully saturated rings. The van der Waals surface area contributed by atoms with Crippen LogP contribution in [0.1, 0.15) is 21.5 Å². The summed E-state index contributed by atoms with van der Waals surface area (Å²) in [5.41, 5.74) is 1.61. The Morgan fingerprint density at radius 1 is 1.12 bits per heavy atom. The van der Waals surface area contributed by atoms with Gasteiger partial charge in [0.2, 0.25) is 5.91 Å². The molecule has 0 bridgehead atoms. The molecule has 0 spiro atoms. The first kappa shape index (κ1) is 18.1. The highest BCUT2D eigenvalue weighted by atomic mass is 16.5. The van der Waals surface area contributed by atoms with E-state index in [1.165, 1.54) is 18.2 Å². The van der Waals surface area contributed by atoms with E-state index in [4.69, 9.17) is 14.6 Å². The van der Waals surface area contributed by atoms with Gasteiger partial charge in [0, 0.05) is 18.2 Å². The van der Waals surface area contributed by atoms with Crippen LogP contribution in [0.2, 0.25) is 0 Å². The Kier molecular flexibility index (Phi) is 6.17. The average molecular weight is 341 g/mol. The number of carboxylic acid groups (broad SMARTS) is 1. The van der Waals surface area contributed by atoms with Gasteiger partial charge >= 0.3 is 5.97 Å². The van der Waals surface area contributed by atoms with E-state index in [1.54, 1.807) is 50.6 Å². The number of nitrogens with one attached hydrogen (secondary N) is 1. The molecule has 2 aromatic rings. The Balaban J connectivity index is 2.01. The predicted molar refractivity (Wildman–Crippen MR) is 93.8 cm³/mol. The standard InChI is InChI=1S/C19H19NO5/c1-24-16-7-8-17(25-2)14(11-16)6-9-18(21)20-12-13-4-3-5-15(10-13)19(22)23/h3-11H,12H2,1-2H3,(H,20,21)(H,22,23)/b9-6+. The topological polar surface area (TPSA) is 84.9 Å². The molecule has 0 radical (unpaired) electrons. The van der Waals surface area contributed by atoms with Gasteiger partial charge in [-0.25, -0.2) is 4.79 Å². The van der Waals surface area contributed by atoms with Crippen LogP contribution in [0.3, 0.4) is 0 Å². The van der Waals surface area contributed by atoms with Crippen molar-refractivity contribution in [3.05, 3.63) is 65.2 Å². The van der Waals surface area contributed by atoms with Crippen LogP contribution in [0, 0.1) is 0 Å². The minimum atomic E-state index is -1.00. The fourth-order valence-corrected chi connectivity index (χ4v) is 2.20. The highest BCUT2D eigenvalue weighted by Crippen LogP contribution is 2.24. The summed E-state index contributed by atoms with van der Waals surface area (Å²) in [6, 6.07) is 11.7. The van der Waals surface area contributed by atoms with Gasteiger partial charge in [-0.1, -0.05) is 12.1 Å². The van der Waals surface area contributed by atoms with E-state index in [2.05, 4.69) is 5.32 Å². The number of methoxy groups -OCH3 is 2. The molecule has 0 aromatic heterocycles. The molecule has 0 heterocycles. The lowest BCUT2D eigenvalue weighted by Gasteiger charge is -2.07. The molecule has 0 aliphatic carbocycles. The lowest BCUT2D eigenvalue weighted by atomic mass is 10.1. The third kappa shape index (κ3) is 5.10. The molecule has 0 aliphatic heterocycles. The number of hydrogen-bond donors (Lipinski definition) is 2. The van der Waals surface area contributed by atoms with Crippen molar-refractivity contribution in [1.82, 2.24) is 5.32 Å². The summed E-state index contributed by atoms with van der Waals surface area (Å²) < 4.78 is 10.4. The number of amides is 1. The highest BCUT2D eigenvalue weighted by molar-refractivity contribution is 5.92. The van der Waals surface area contributed by atoms with Gasteiger partial charge in [0.1, 0.15) is 11.5 Å². The van der Waals surface area contributed by atoms with E-state index in [-0.39, 0.29) is 18.0 Å². The lowest BCUT2D eigenvalue weighted by Crippen LogP contribution is -2.20. The molecule has 25 heavy (non-hydrogen) atoms. The molecule has 2 rings (SSSR count). The van der Waals surface area contributed by atoms with E-state index < -0.39 is 5.97 Å². The number of ether oxygens (including phenoxy) is 2. The summed E-state index contributed by atoms with van der Waals surface area (Å²) in [6.07, 6.45) is 3.02. The fraction of sp³-hybridized carbons (Fsp3) is 0.158. The Morgan fingerprint density at radius 2 is 1.92 bits per heavy atom. The van der Waals surface area contributed by atoms with Gasteiger partial charge < -0.3 is 19.9 Å². The van der Waals surface area contributed by atoms with Crippen LogP contribution in [0.25, 0.3) is 6.08 Å². The van der Waals surface area contributed by atoms with Gasteiger partial charge in [-0.2, -0.15) is 0 Å². The second-order valence-corrected chi connectivity index (χ2v) is 5.16. The minimum Gasteiger partial charge on any atom is -0.497 e. The maximum Gasteiger partial charge on any atom is 0.335 e. The van der Waals surface area contributed by atoms with E-state index in [0.717, 1.165) is 0 Å². The van der Waals surface area contributed by atoms with E-state index in [9.17, 15) is 9.59 Å². The summed E-state index contributed by atoms with van der Waals surface area (Å²) in [4.78, 5) is 22.9. The first-order valence-corrected chi connectivity index (χ1v) is 7.53. The summed E-state index contributed by atoms with van der Waals surface area (Å²) in [7, 11) is 3.11. The molecule has 6 nitrogen and oxygen atoms in total. The van der Waals surface area contributed by atoms with Gasteiger partial charge in [0.25, 0.3) is 0 Å². The number of carbonyl (C=O) groups is 2. The number of carboxylic acids is 1. The van der Waals surface area contributed by atoms with Crippen LogP contribution in [0.5, 0.6) is 11.5 Å². The van der Waals surface area contributed by atoms with E-state index >= 15 is 0 Å². The molecule has 1 amide bonds. The first-order chi connectivity index (χ1) is 12.0. The van der Waals surface area contributed by atoms with Gasteiger partial charge in [0.15, 0.2) is 0 Å². The second kappa shape index (κ2) is 8.54. The largest absolute Gasteiger partial charge is 0.497 e. The maximum absolute atomic E-state index is 12.0. The summed E-state index contributed by atoms with van der Waals surface area (Å²) in [6.45, 7) is 0.236. The van der Waals surface area contributed by atoms with E-state index in [1.807, 2.05) is 0 Å². The van der Waals surface area contributed by atoms with Gasteiger partial charge in [0.05, 0.1) is 19.8 Å². The summed E-state index contributed by atoms with van der Waals surface area (Å²) in [5.74, 6) is -0.0193. The molecule has 0 saturated carbocycles. The van der Waals surface area contributed by atoms with Crippen LogP contribution in [-0.2, 0) is 11.3 Å². The summed E-state index contributed by atoms with van der Waals surface area (Å²) >= 11 is 0. The fourth-order valence-electron chi connectivity index (χ4n) is 2.20. The van der Waals surface area contributed by atoms with Crippen molar-refractivity contribution in [2.75, 3.05) is 14.2 Å². The quantitative estimate of drug-likeness (QED) is 0.757. The predicted octanol–water partition coefficient (Wildman–Crippen LogP) is 2.73. The van der Waals surface area contributed by atoms with Crippen molar-refractivity contribution in [1.29, 1.82) is 0 Å². The highest BCUT2D eigenvalue weighted by Gasteiger charge is 2.05. The molecule has 0 saturated heterocycles. The van der Waals surface area contributed by atoms with Crippen LogP contribution in [-0.4, -0.2) is 31.2 Å². The maximum atomic E-state index is 12.0. The van der Waals surface area contributed by atoms with Crippen molar-refractivity contribution in [2.24, 2.45) is 0 Å². The average Bonchev–Trinajstić information content (AvgIpc) is 2.64. The van der Waals surface area contributed by atoms with Crippen molar-refractivity contribution < 1.29 is 24.2 Å². The van der Waals surface area contributed by atoms with Crippen molar-refractivity contribution in [3.8, 4) is 11.5 Å². The molecule has 0 unspecified atom stereocenters. The zero-order valence-corrected chi connectivity index (χ0v) is 14.0. The third-order valence-electron chi connectivity index (χ3n) is 3.49. The van der Waals surface area contributed by atoms with Crippen molar-refractivity contribution in [3.63, 3.8) is 0 Å². The number of benzene rings is 2. The minimum absolute atomic E-state index is 0.184. The van der Waals surface area contributed by atoms with Crippen LogP contribution >= 0.6 is 0 Å². The van der Waals surface area contributed by atoms with Gasteiger partial charge in [-0.15, -0.1) is 0 Å². The molecular weight excluding hydrogens is 322 g/mol. The SMILES string of the molecule is COc1ccc(OC)c(/C=C/C(=O)NCc2cccc(C(=O)O)c2)c1. The molecule has 2 N–H and O–H groups in total. The third-order valence-corrected chi connectivity index (χ3v) is 3.49. The van der Waals surface area contributed by atoms with Crippen LogP contribution in [0.4, 0.5) is 0 Å². The Morgan fingerprint density at radius 3 is 2.60 bits per heavy atom. The Hall–Kier alpha value is -3.28. The monoisotopic (exact) mass is 341 g/mol. The molecule has 6 heteroatoms. The number of rotatable bonds is 7. The second-order valence-electron chi connectivity index (χ2n) is 5.16. The molecule has 0 atom stereocenters. The normalized spacial score (nSPS) is 10.5. The number of aromatic carboxylic acids is 1. The molecule has 0 aliphatic rings. The van der Waals surface area contributed by atoms with Crippen LogP contribution < -0.4 is 14.8 Å². The molecular formula is C19H19NO5. The van der Waals surface area contributed by atoms with Crippen molar-refractivity contribution >= 4 is 18.0 Å². The first-order valence-electron chi connectivity index (χ1n) is 7.53. The number of carbonyl (C=O) groups excluding carboxylic acids is 1. The summed E-state index contributed by atoms with van der Waals surface area (Å²) in [5, 5.41) is 11.7. The zero-order valence-electron chi connectivity index (χ0n) is 14.0. The van der Waals surface area contributed by atoms with Gasteiger partial charge in [-0.05, 0) is 42.0 Å².